The van der Waals surface area contributed by atoms with Crippen molar-refractivity contribution in [3.8, 4) is 11.3 Å². The molecule has 5 nitrogen and oxygen atoms in total. The molecule has 7 heteroatoms. The molecule has 0 spiro atoms. The fourth-order valence-electron chi connectivity index (χ4n) is 2.29. The zero-order chi connectivity index (χ0) is 17.6. The van der Waals surface area contributed by atoms with E-state index in [0.29, 0.717) is 6.54 Å². The molecule has 0 aliphatic carbocycles. The van der Waals surface area contributed by atoms with E-state index in [1.54, 1.807) is 18.5 Å². The van der Waals surface area contributed by atoms with Gasteiger partial charge in [-0.2, -0.15) is 0 Å². The van der Waals surface area contributed by atoms with Crippen molar-refractivity contribution in [1.82, 2.24) is 15.3 Å². The summed E-state index contributed by atoms with van der Waals surface area (Å²) in [4.78, 5) is 19.8. The minimum absolute atomic E-state index is 0.00127. The van der Waals surface area contributed by atoms with E-state index in [1.165, 1.54) is 12.3 Å². The second-order valence-corrected chi connectivity index (χ2v) is 5.35. The Balaban J connectivity index is 1.56. The average molecular weight is 343 g/mol. The first-order valence-corrected chi connectivity index (χ1v) is 7.68. The van der Waals surface area contributed by atoms with Crippen molar-refractivity contribution in [1.29, 1.82) is 0 Å². The summed E-state index contributed by atoms with van der Waals surface area (Å²) in [5, 5.41) is 2.76. The number of hydrogen-bond acceptors (Lipinski definition) is 4. The Morgan fingerprint density at radius 3 is 2.64 bits per heavy atom. The fourth-order valence-corrected chi connectivity index (χ4v) is 2.29. The lowest BCUT2D eigenvalue weighted by Crippen LogP contribution is -2.23. The van der Waals surface area contributed by atoms with Crippen molar-refractivity contribution in [2.24, 2.45) is 0 Å². The van der Waals surface area contributed by atoms with Gasteiger partial charge in [-0.05, 0) is 23.8 Å². The number of nitrogens with one attached hydrogen (secondary N) is 1. The lowest BCUT2D eigenvalue weighted by atomic mass is 10.1. The highest BCUT2D eigenvalue weighted by atomic mass is 19.1. The fraction of sp³-hybridized carbons (Fsp3) is 0.167. The van der Waals surface area contributed by atoms with Crippen LogP contribution in [0.5, 0.6) is 0 Å². The average Bonchev–Trinajstić information content (AvgIpc) is 3.07. The molecule has 0 bridgehead atoms. The Labute approximate surface area is 142 Å². The molecule has 3 aromatic rings. The number of carbonyl (C=O) groups is 1. The molecule has 3 rings (SSSR count). The first-order chi connectivity index (χ1) is 12.1. The van der Waals surface area contributed by atoms with Crippen LogP contribution in [0.3, 0.4) is 0 Å². The third-order valence-corrected chi connectivity index (χ3v) is 3.54. The number of aryl methyl sites for hydroxylation is 1. The number of nitrogens with zero attached hydrogens (tertiary/aromatic N) is 2. The van der Waals surface area contributed by atoms with E-state index < -0.39 is 11.6 Å². The number of aromatic nitrogens is 2. The van der Waals surface area contributed by atoms with Crippen LogP contribution in [-0.4, -0.2) is 15.9 Å². The topological polar surface area (TPSA) is 68.0 Å². The van der Waals surface area contributed by atoms with Crippen LogP contribution in [0.15, 0.2) is 53.3 Å². The molecule has 128 valence electrons. The lowest BCUT2D eigenvalue weighted by molar-refractivity contribution is -0.121. The molecule has 1 amide bonds. The van der Waals surface area contributed by atoms with Gasteiger partial charge in [-0.25, -0.2) is 13.8 Å². The maximum absolute atomic E-state index is 13.7. The highest BCUT2D eigenvalue weighted by Gasteiger charge is 2.16. The van der Waals surface area contributed by atoms with Crippen LogP contribution in [0.25, 0.3) is 11.3 Å². The van der Waals surface area contributed by atoms with Gasteiger partial charge in [-0.15, -0.1) is 0 Å². The molecule has 0 fully saturated rings. The molecular weight excluding hydrogens is 328 g/mol. The SMILES string of the molecule is O=C(CCc1ncc(-c2c(F)cccc2F)o1)NCc1cccnc1. The summed E-state index contributed by atoms with van der Waals surface area (Å²) < 4.78 is 32.8. The van der Waals surface area contributed by atoms with Gasteiger partial charge in [0.15, 0.2) is 11.7 Å². The predicted molar refractivity (Wildman–Crippen MR) is 86.3 cm³/mol. The summed E-state index contributed by atoms with van der Waals surface area (Å²) in [6.45, 7) is 0.379. The number of carbonyl (C=O) groups excluding carboxylic acids is 1. The van der Waals surface area contributed by atoms with E-state index in [2.05, 4.69) is 15.3 Å². The first kappa shape index (κ1) is 16.8. The summed E-state index contributed by atoms with van der Waals surface area (Å²) in [5.41, 5.74) is 0.631. The minimum atomic E-state index is -0.725. The van der Waals surface area contributed by atoms with Crippen LogP contribution < -0.4 is 5.32 Å². The third kappa shape index (κ3) is 4.26. The first-order valence-electron chi connectivity index (χ1n) is 7.68. The Morgan fingerprint density at radius 2 is 1.92 bits per heavy atom. The van der Waals surface area contributed by atoms with Gasteiger partial charge in [-0.3, -0.25) is 9.78 Å². The quantitative estimate of drug-likeness (QED) is 0.746. The predicted octanol–water partition coefficient (Wildman–Crippen LogP) is 3.26. The van der Waals surface area contributed by atoms with Gasteiger partial charge < -0.3 is 9.73 Å². The van der Waals surface area contributed by atoms with Gasteiger partial charge in [0.1, 0.15) is 11.6 Å². The number of hydrogen-bond donors (Lipinski definition) is 1. The molecule has 0 radical (unpaired) electrons. The van der Waals surface area contributed by atoms with E-state index in [4.69, 9.17) is 4.42 Å². The molecule has 1 N–H and O–H groups in total. The Bertz CT molecular complexity index is 846. The maximum atomic E-state index is 13.7. The van der Waals surface area contributed by atoms with E-state index in [0.717, 1.165) is 17.7 Å². The van der Waals surface area contributed by atoms with Gasteiger partial charge in [0, 0.05) is 31.8 Å². The monoisotopic (exact) mass is 343 g/mol. The molecule has 0 unspecified atom stereocenters. The summed E-state index contributed by atoms with van der Waals surface area (Å²) in [6, 6.07) is 7.21. The molecule has 0 aliphatic heterocycles. The smallest absolute Gasteiger partial charge is 0.220 e. The van der Waals surface area contributed by atoms with E-state index >= 15 is 0 Å². The second-order valence-electron chi connectivity index (χ2n) is 5.35. The van der Waals surface area contributed by atoms with Gasteiger partial charge in [0.05, 0.1) is 11.8 Å². The molecule has 2 aromatic heterocycles. The lowest BCUT2D eigenvalue weighted by Gasteiger charge is -2.04. The normalized spacial score (nSPS) is 10.6. The number of rotatable bonds is 6. The van der Waals surface area contributed by atoms with Crippen LogP contribution >= 0.6 is 0 Å². The van der Waals surface area contributed by atoms with Gasteiger partial charge in [-0.1, -0.05) is 12.1 Å². The van der Waals surface area contributed by atoms with Crippen molar-refractivity contribution in [2.75, 3.05) is 0 Å². The Morgan fingerprint density at radius 1 is 1.12 bits per heavy atom. The Hall–Kier alpha value is -3.09. The van der Waals surface area contributed by atoms with Crippen LogP contribution in [0, 0.1) is 11.6 Å². The van der Waals surface area contributed by atoms with E-state index in [-0.39, 0.29) is 36.0 Å². The molecule has 0 saturated heterocycles. The zero-order valence-electron chi connectivity index (χ0n) is 13.2. The van der Waals surface area contributed by atoms with E-state index in [1.807, 2.05) is 6.07 Å². The van der Waals surface area contributed by atoms with Gasteiger partial charge >= 0.3 is 0 Å². The third-order valence-electron chi connectivity index (χ3n) is 3.54. The molecule has 2 heterocycles. The molecule has 25 heavy (non-hydrogen) atoms. The summed E-state index contributed by atoms with van der Waals surface area (Å²) >= 11 is 0. The highest BCUT2D eigenvalue weighted by molar-refractivity contribution is 5.76. The number of amides is 1. The summed E-state index contributed by atoms with van der Waals surface area (Å²) in [7, 11) is 0. The number of halogens is 2. The number of pyridine rings is 1. The van der Waals surface area contributed by atoms with Gasteiger partial charge in [0.2, 0.25) is 5.91 Å². The highest BCUT2D eigenvalue weighted by Crippen LogP contribution is 2.26. The summed E-state index contributed by atoms with van der Waals surface area (Å²) in [5.74, 6) is -1.38. The van der Waals surface area contributed by atoms with Crippen molar-refractivity contribution >= 4 is 5.91 Å². The van der Waals surface area contributed by atoms with Crippen LogP contribution in [0.2, 0.25) is 0 Å². The van der Waals surface area contributed by atoms with Crippen molar-refractivity contribution < 1.29 is 18.0 Å². The standard InChI is InChI=1S/C18H15F2N3O2/c19-13-4-1-5-14(20)18(13)15-11-23-17(25-15)7-6-16(24)22-10-12-3-2-8-21-9-12/h1-5,8-9,11H,6-7,10H2,(H,22,24). The van der Waals surface area contributed by atoms with Crippen LogP contribution in [-0.2, 0) is 17.8 Å². The molecule has 0 aliphatic rings. The summed E-state index contributed by atoms with van der Waals surface area (Å²) in [6.07, 6.45) is 4.97. The number of oxazole rings is 1. The van der Waals surface area contributed by atoms with Gasteiger partial charge in [0.25, 0.3) is 0 Å². The molecule has 1 aromatic carbocycles. The van der Waals surface area contributed by atoms with Crippen LogP contribution in [0.4, 0.5) is 8.78 Å². The van der Waals surface area contributed by atoms with Crippen molar-refractivity contribution in [2.45, 2.75) is 19.4 Å². The minimum Gasteiger partial charge on any atom is -0.441 e. The second kappa shape index (κ2) is 7.65. The van der Waals surface area contributed by atoms with Crippen LogP contribution in [0.1, 0.15) is 17.9 Å². The molecular formula is C18H15F2N3O2. The van der Waals surface area contributed by atoms with Crippen molar-refractivity contribution in [3.63, 3.8) is 0 Å². The zero-order valence-corrected chi connectivity index (χ0v) is 13.2. The maximum Gasteiger partial charge on any atom is 0.220 e. The molecule has 0 atom stereocenters. The Kier molecular flexibility index (Phi) is 5.13. The van der Waals surface area contributed by atoms with E-state index in [9.17, 15) is 13.6 Å². The van der Waals surface area contributed by atoms with Crippen molar-refractivity contribution in [3.05, 3.63) is 72.0 Å². The largest absolute Gasteiger partial charge is 0.441 e. The molecule has 0 saturated carbocycles. The number of benzene rings is 1.